The van der Waals surface area contributed by atoms with E-state index in [4.69, 9.17) is 4.74 Å². The average Bonchev–Trinajstić information content (AvgIpc) is 3.51. The zero-order chi connectivity index (χ0) is 21.4. The van der Waals surface area contributed by atoms with Gasteiger partial charge in [-0.25, -0.2) is 0 Å². The molecule has 1 fully saturated rings. The van der Waals surface area contributed by atoms with Crippen LogP contribution in [0.1, 0.15) is 18.4 Å². The summed E-state index contributed by atoms with van der Waals surface area (Å²) in [5.41, 5.74) is 2.58. The number of benzene rings is 1. The summed E-state index contributed by atoms with van der Waals surface area (Å²) in [6.45, 7) is 3.18. The lowest BCUT2D eigenvalue weighted by molar-refractivity contribution is -0.113. The van der Waals surface area contributed by atoms with Crippen molar-refractivity contribution < 1.29 is 9.53 Å². The Morgan fingerprint density at radius 3 is 2.90 bits per heavy atom. The van der Waals surface area contributed by atoms with E-state index in [2.05, 4.69) is 15.5 Å². The number of amides is 1. The van der Waals surface area contributed by atoms with Gasteiger partial charge in [-0.1, -0.05) is 29.5 Å². The molecule has 1 aromatic carbocycles. The molecule has 4 heterocycles. The lowest BCUT2D eigenvalue weighted by Gasteiger charge is -2.13. The van der Waals surface area contributed by atoms with Crippen LogP contribution in [0.4, 0.5) is 5.69 Å². The third-order valence-electron chi connectivity index (χ3n) is 5.26. The summed E-state index contributed by atoms with van der Waals surface area (Å²) in [5, 5.41) is 14.0. The van der Waals surface area contributed by atoms with Gasteiger partial charge in [0, 0.05) is 12.3 Å². The van der Waals surface area contributed by atoms with E-state index in [-0.39, 0.29) is 23.3 Å². The van der Waals surface area contributed by atoms with Crippen LogP contribution in [-0.2, 0) is 16.1 Å². The van der Waals surface area contributed by atoms with Crippen LogP contribution >= 0.6 is 23.1 Å². The van der Waals surface area contributed by atoms with Gasteiger partial charge in [0.05, 0.1) is 23.9 Å². The number of nitrogens with one attached hydrogen (secondary N) is 1. The molecule has 1 aliphatic rings. The Morgan fingerprint density at radius 1 is 1.29 bits per heavy atom. The summed E-state index contributed by atoms with van der Waals surface area (Å²) < 4.78 is 9.90. The molecule has 0 radical (unpaired) electrons. The van der Waals surface area contributed by atoms with Crippen LogP contribution in [0.25, 0.3) is 16.0 Å². The Morgan fingerprint density at radius 2 is 2.13 bits per heavy atom. The average molecular weight is 456 g/mol. The van der Waals surface area contributed by atoms with Crippen molar-refractivity contribution in [1.29, 1.82) is 0 Å². The first-order valence-electron chi connectivity index (χ1n) is 10.1. The normalized spacial score (nSPS) is 16.4. The summed E-state index contributed by atoms with van der Waals surface area (Å²) in [6.07, 6.45) is 1.93. The van der Waals surface area contributed by atoms with Gasteiger partial charge in [-0.2, -0.15) is 0 Å². The molecule has 10 heteroatoms. The first-order valence-corrected chi connectivity index (χ1v) is 11.9. The number of thiophene rings is 1. The van der Waals surface area contributed by atoms with Gasteiger partial charge < -0.3 is 10.1 Å². The monoisotopic (exact) mass is 455 g/mol. The highest BCUT2D eigenvalue weighted by Gasteiger charge is 2.22. The van der Waals surface area contributed by atoms with E-state index < -0.39 is 0 Å². The fraction of sp³-hybridized carbons (Fsp3) is 0.333. The van der Waals surface area contributed by atoms with Crippen molar-refractivity contribution in [2.24, 2.45) is 0 Å². The highest BCUT2D eigenvalue weighted by atomic mass is 32.2. The van der Waals surface area contributed by atoms with Gasteiger partial charge in [-0.15, -0.1) is 21.5 Å². The molecule has 31 heavy (non-hydrogen) atoms. The summed E-state index contributed by atoms with van der Waals surface area (Å²) in [4.78, 5) is 25.5. The van der Waals surface area contributed by atoms with Gasteiger partial charge in [-0.05, 0) is 43.3 Å². The van der Waals surface area contributed by atoms with E-state index in [1.807, 2.05) is 47.0 Å². The van der Waals surface area contributed by atoms with E-state index in [0.29, 0.717) is 22.2 Å². The summed E-state index contributed by atoms with van der Waals surface area (Å²) in [7, 11) is 0. The van der Waals surface area contributed by atoms with Crippen LogP contribution in [0.15, 0.2) is 45.7 Å². The van der Waals surface area contributed by atoms with E-state index >= 15 is 0 Å². The van der Waals surface area contributed by atoms with Crippen molar-refractivity contribution >= 4 is 50.7 Å². The lowest BCUT2D eigenvalue weighted by atomic mass is 10.2. The maximum atomic E-state index is 13.1. The maximum Gasteiger partial charge on any atom is 0.272 e. The molecule has 0 saturated carbocycles. The number of ether oxygens (including phenoxy) is 1. The molecule has 1 atom stereocenters. The van der Waals surface area contributed by atoms with E-state index in [0.717, 1.165) is 36.2 Å². The van der Waals surface area contributed by atoms with Crippen molar-refractivity contribution in [2.75, 3.05) is 17.7 Å². The number of nitrogens with zero attached hydrogens (tertiary/aromatic N) is 4. The fourth-order valence-corrected chi connectivity index (χ4v) is 5.28. The minimum atomic E-state index is -0.125. The Kier molecular flexibility index (Phi) is 5.51. The fourth-order valence-electron chi connectivity index (χ4n) is 3.71. The van der Waals surface area contributed by atoms with Crippen molar-refractivity contribution in [3.63, 3.8) is 0 Å². The second-order valence-corrected chi connectivity index (χ2v) is 9.37. The number of fused-ring (bicyclic) bond motifs is 3. The number of aryl methyl sites for hydroxylation is 1. The largest absolute Gasteiger partial charge is 0.376 e. The second-order valence-electron chi connectivity index (χ2n) is 7.51. The topological polar surface area (TPSA) is 90.5 Å². The van der Waals surface area contributed by atoms with Crippen LogP contribution in [0.3, 0.4) is 0 Å². The van der Waals surface area contributed by atoms with Gasteiger partial charge in [0.25, 0.3) is 5.56 Å². The second kappa shape index (κ2) is 8.45. The molecular formula is C21H21N5O3S2. The number of carbonyl (C=O) groups is 1. The third-order valence-corrected chi connectivity index (χ3v) is 7.08. The Bertz CT molecular complexity index is 1300. The van der Waals surface area contributed by atoms with E-state index in [1.165, 1.54) is 23.1 Å². The van der Waals surface area contributed by atoms with Crippen LogP contribution < -0.4 is 10.9 Å². The minimum absolute atomic E-state index is 0.00648. The van der Waals surface area contributed by atoms with Crippen molar-refractivity contribution in [2.45, 2.75) is 37.6 Å². The van der Waals surface area contributed by atoms with E-state index in [1.54, 1.807) is 4.57 Å². The smallest absolute Gasteiger partial charge is 0.272 e. The van der Waals surface area contributed by atoms with Crippen LogP contribution in [0, 0.1) is 6.92 Å². The molecule has 3 aromatic heterocycles. The number of hydrogen-bond acceptors (Lipinski definition) is 7. The van der Waals surface area contributed by atoms with Crippen molar-refractivity contribution in [3.8, 4) is 0 Å². The zero-order valence-electron chi connectivity index (χ0n) is 16.9. The first kappa shape index (κ1) is 20.2. The molecular weight excluding hydrogens is 434 g/mol. The van der Waals surface area contributed by atoms with Crippen molar-refractivity contribution in [1.82, 2.24) is 19.2 Å². The molecule has 8 nitrogen and oxygen atoms in total. The number of aromatic nitrogens is 4. The standard InChI is InChI=1S/C21H21N5O3S2/c1-13-4-6-14(7-5-13)22-17(27)12-31-21-24-23-20-25(11-15-3-2-9-29-15)19(28)18-16(26(20)21)8-10-30-18/h4-8,10,15H,2-3,9,11-12H2,1H3,(H,22,27)/t15-/m0/s1. The highest BCUT2D eigenvalue weighted by Crippen LogP contribution is 2.25. The molecule has 1 aliphatic heterocycles. The molecule has 4 aromatic rings. The van der Waals surface area contributed by atoms with Gasteiger partial charge in [-0.3, -0.25) is 18.6 Å². The maximum absolute atomic E-state index is 13.1. The SMILES string of the molecule is Cc1ccc(NC(=O)CSc2nnc3n(C[C@@H]4CCCO4)c(=O)c4sccc4n23)cc1. The number of thioether (sulfide) groups is 1. The molecule has 1 saturated heterocycles. The van der Waals surface area contributed by atoms with Crippen molar-refractivity contribution in [3.05, 3.63) is 51.6 Å². The predicted molar refractivity (Wildman–Crippen MR) is 122 cm³/mol. The number of anilines is 1. The van der Waals surface area contributed by atoms with Crippen LogP contribution in [0.2, 0.25) is 0 Å². The Labute approximate surface area is 186 Å². The van der Waals surface area contributed by atoms with Gasteiger partial charge in [0.15, 0.2) is 5.16 Å². The quantitative estimate of drug-likeness (QED) is 0.449. The molecule has 0 spiro atoms. The highest BCUT2D eigenvalue weighted by molar-refractivity contribution is 7.99. The van der Waals surface area contributed by atoms with Gasteiger partial charge in [0.2, 0.25) is 11.7 Å². The molecule has 160 valence electrons. The lowest BCUT2D eigenvalue weighted by Crippen LogP contribution is -2.28. The van der Waals surface area contributed by atoms with Crippen LogP contribution in [0.5, 0.6) is 0 Å². The molecule has 0 bridgehead atoms. The number of rotatable bonds is 6. The molecule has 0 aliphatic carbocycles. The summed E-state index contributed by atoms with van der Waals surface area (Å²) in [6, 6.07) is 9.56. The van der Waals surface area contributed by atoms with Crippen LogP contribution in [-0.4, -0.2) is 43.5 Å². The summed E-state index contributed by atoms with van der Waals surface area (Å²) in [5.74, 6) is 0.540. The molecule has 0 unspecified atom stereocenters. The molecule has 1 amide bonds. The Hall–Kier alpha value is -2.69. The Balaban J connectivity index is 1.43. The number of carbonyl (C=O) groups excluding carboxylic acids is 1. The van der Waals surface area contributed by atoms with E-state index in [9.17, 15) is 9.59 Å². The number of hydrogen-bond donors (Lipinski definition) is 1. The minimum Gasteiger partial charge on any atom is -0.376 e. The van der Waals surface area contributed by atoms with Gasteiger partial charge >= 0.3 is 0 Å². The molecule has 5 rings (SSSR count). The first-order chi connectivity index (χ1) is 15.1. The predicted octanol–water partition coefficient (Wildman–Crippen LogP) is 3.32. The van der Waals surface area contributed by atoms with Gasteiger partial charge in [0.1, 0.15) is 4.70 Å². The molecule has 1 N–H and O–H groups in total. The zero-order valence-corrected chi connectivity index (χ0v) is 18.5. The summed E-state index contributed by atoms with van der Waals surface area (Å²) >= 11 is 2.70. The third kappa shape index (κ3) is 3.98.